The Morgan fingerprint density at radius 1 is 1.11 bits per heavy atom. The van der Waals surface area contributed by atoms with Gasteiger partial charge in [0.15, 0.2) is 0 Å². The number of imidazole rings is 1. The molecular formula is C29H31N5O3. The van der Waals surface area contributed by atoms with Crippen LogP contribution in [0.1, 0.15) is 38.9 Å². The molecule has 0 aliphatic carbocycles. The first kappa shape index (κ1) is 25.6. The molecule has 0 saturated carbocycles. The molecule has 1 atom stereocenters. The molecular weight excluding hydrogens is 466 g/mol. The number of nitrogens with one attached hydrogen (secondary N) is 2. The van der Waals surface area contributed by atoms with Gasteiger partial charge in [-0.2, -0.15) is 0 Å². The molecule has 1 aliphatic heterocycles. The standard InChI is InChI=1S/C29H31N5O3/c1-5-9-26(35)32-17-16-22(19-32)34-28(31-4)27(25(30)18-20(2)3)33(29(34)36)21-12-14-24(15-13-21)37-23-10-7-6-8-11-23/h6-8,10-15,18,22,30-31H,16-17,19H2,1-4H3. The van der Waals surface area contributed by atoms with E-state index in [-0.39, 0.29) is 23.4 Å². The largest absolute Gasteiger partial charge is 0.457 e. The molecule has 1 aliphatic rings. The predicted octanol–water partition coefficient (Wildman–Crippen LogP) is 4.60. The molecule has 8 nitrogen and oxygen atoms in total. The Hall–Kier alpha value is -4.51. The van der Waals surface area contributed by atoms with Gasteiger partial charge in [-0.15, -0.1) is 0 Å². The van der Waals surface area contributed by atoms with Gasteiger partial charge in [-0.05, 0) is 75.6 Å². The minimum absolute atomic E-state index is 0.215. The third kappa shape index (κ3) is 5.36. The van der Waals surface area contributed by atoms with E-state index in [4.69, 9.17) is 10.1 Å². The summed E-state index contributed by atoms with van der Waals surface area (Å²) in [6.45, 7) is 6.36. The number of carbonyl (C=O) groups is 1. The summed E-state index contributed by atoms with van der Waals surface area (Å²) in [4.78, 5) is 27.9. The van der Waals surface area contributed by atoms with Crippen molar-refractivity contribution in [1.82, 2.24) is 14.0 Å². The molecule has 8 heteroatoms. The average Bonchev–Trinajstić information content (AvgIpc) is 3.47. The lowest BCUT2D eigenvalue weighted by molar-refractivity contribution is -0.124. The molecule has 0 bridgehead atoms. The van der Waals surface area contributed by atoms with E-state index in [1.807, 2.05) is 56.3 Å². The minimum atomic E-state index is -0.274. The number of allylic oxidation sites excluding steroid dienone is 2. The van der Waals surface area contributed by atoms with Crippen LogP contribution in [0.25, 0.3) is 5.69 Å². The highest BCUT2D eigenvalue weighted by molar-refractivity contribution is 6.09. The van der Waals surface area contributed by atoms with Gasteiger partial charge in [0.2, 0.25) is 0 Å². The van der Waals surface area contributed by atoms with E-state index in [1.165, 1.54) is 0 Å². The van der Waals surface area contributed by atoms with Crippen LogP contribution in [0.15, 0.2) is 71.0 Å². The fraction of sp³-hybridized carbons (Fsp3) is 0.276. The lowest BCUT2D eigenvalue weighted by Crippen LogP contribution is -2.31. The molecule has 2 aromatic carbocycles. The Morgan fingerprint density at radius 2 is 1.78 bits per heavy atom. The summed E-state index contributed by atoms with van der Waals surface area (Å²) in [5, 5.41) is 12.0. The van der Waals surface area contributed by atoms with Gasteiger partial charge in [0.25, 0.3) is 5.91 Å². The van der Waals surface area contributed by atoms with E-state index in [2.05, 4.69) is 17.2 Å². The predicted molar refractivity (Wildman–Crippen MR) is 146 cm³/mol. The molecule has 0 spiro atoms. The molecule has 0 radical (unpaired) electrons. The smallest absolute Gasteiger partial charge is 0.335 e. The summed E-state index contributed by atoms with van der Waals surface area (Å²) in [7, 11) is 1.74. The molecule has 1 saturated heterocycles. The second-order valence-electron chi connectivity index (χ2n) is 9.05. The Balaban J connectivity index is 1.78. The number of para-hydroxylation sites is 1. The SMILES string of the molecule is CC#CC(=O)N1CCC(n2c(NC)c(C(=N)C=C(C)C)n(-c3ccc(Oc4ccccc4)cc3)c2=O)C1. The van der Waals surface area contributed by atoms with Gasteiger partial charge in [-0.1, -0.05) is 29.7 Å². The summed E-state index contributed by atoms with van der Waals surface area (Å²) < 4.78 is 9.13. The normalized spacial score (nSPS) is 14.5. The number of hydrogen-bond acceptors (Lipinski definition) is 5. The Kier molecular flexibility index (Phi) is 7.63. The highest BCUT2D eigenvalue weighted by Gasteiger charge is 2.33. The van der Waals surface area contributed by atoms with E-state index in [9.17, 15) is 9.59 Å². The van der Waals surface area contributed by atoms with Crippen molar-refractivity contribution < 1.29 is 9.53 Å². The second-order valence-corrected chi connectivity index (χ2v) is 9.05. The quantitative estimate of drug-likeness (QED) is 0.369. The molecule has 4 rings (SSSR count). The molecule has 1 unspecified atom stereocenters. The third-order valence-corrected chi connectivity index (χ3v) is 6.13. The Labute approximate surface area is 216 Å². The van der Waals surface area contributed by atoms with Crippen molar-refractivity contribution in [3.05, 3.63) is 82.4 Å². The molecule has 3 aromatic rings. The van der Waals surface area contributed by atoms with Crippen LogP contribution in [-0.4, -0.2) is 45.8 Å². The van der Waals surface area contributed by atoms with Gasteiger partial charge in [-0.3, -0.25) is 19.3 Å². The monoisotopic (exact) mass is 497 g/mol. The van der Waals surface area contributed by atoms with E-state index in [0.29, 0.717) is 42.5 Å². The first-order valence-corrected chi connectivity index (χ1v) is 12.2. The van der Waals surface area contributed by atoms with Gasteiger partial charge in [0.05, 0.1) is 17.4 Å². The van der Waals surface area contributed by atoms with Gasteiger partial charge in [-0.25, -0.2) is 4.79 Å². The van der Waals surface area contributed by atoms with Gasteiger partial charge < -0.3 is 15.0 Å². The zero-order valence-corrected chi connectivity index (χ0v) is 21.5. The second kappa shape index (κ2) is 11.0. The number of carbonyl (C=O) groups excluding carboxylic acids is 1. The molecule has 1 aromatic heterocycles. The van der Waals surface area contributed by atoms with Crippen molar-refractivity contribution in [3.63, 3.8) is 0 Å². The van der Waals surface area contributed by atoms with Crippen molar-refractivity contribution in [2.45, 2.75) is 33.2 Å². The Bertz CT molecular complexity index is 1450. The molecule has 37 heavy (non-hydrogen) atoms. The summed E-state index contributed by atoms with van der Waals surface area (Å²) in [5.74, 6) is 6.89. The number of likely N-dealkylation sites (tertiary alicyclic amines) is 1. The molecule has 2 heterocycles. The van der Waals surface area contributed by atoms with Gasteiger partial charge in [0, 0.05) is 20.1 Å². The molecule has 2 N–H and O–H groups in total. The van der Waals surface area contributed by atoms with Crippen LogP contribution in [0.4, 0.5) is 5.82 Å². The summed E-state index contributed by atoms with van der Waals surface area (Å²) in [5.41, 5.74) is 1.96. The molecule has 1 fully saturated rings. The number of amides is 1. The highest BCUT2D eigenvalue weighted by Crippen LogP contribution is 2.29. The lowest BCUT2D eigenvalue weighted by Gasteiger charge is -2.16. The number of aromatic nitrogens is 2. The van der Waals surface area contributed by atoms with E-state index >= 15 is 0 Å². The maximum Gasteiger partial charge on any atom is 0.335 e. The first-order chi connectivity index (χ1) is 17.8. The van der Waals surface area contributed by atoms with Crippen LogP contribution in [-0.2, 0) is 4.79 Å². The number of rotatable bonds is 7. The van der Waals surface area contributed by atoms with Crippen LogP contribution < -0.4 is 15.7 Å². The van der Waals surface area contributed by atoms with E-state index < -0.39 is 0 Å². The summed E-state index contributed by atoms with van der Waals surface area (Å²) in [6, 6.07) is 16.5. The van der Waals surface area contributed by atoms with Crippen molar-refractivity contribution in [2.24, 2.45) is 0 Å². The van der Waals surface area contributed by atoms with Crippen molar-refractivity contribution in [1.29, 1.82) is 5.41 Å². The lowest BCUT2D eigenvalue weighted by atomic mass is 10.1. The van der Waals surface area contributed by atoms with Crippen LogP contribution in [0.3, 0.4) is 0 Å². The maximum absolute atomic E-state index is 13.9. The van der Waals surface area contributed by atoms with Gasteiger partial charge >= 0.3 is 5.69 Å². The highest BCUT2D eigenvalue weighted by atomic mass is 16.5. The fourth-order valence-electron chi connectivity index (χ4n) is 4.55. The maximum atomic E-state index is 13.9. The van der Waals surface area contributed by atoms with Gasteiger partial charge in [0.1, 0.15) is 23.0 Å². The van der Waals surface area contributed by atoms with E-state index in [0.717, 1.165) is 11.3 Å². The van der Waals surface area contributed by atoms with Crippen molar-refractivity contribution >= 4 is 17.4 Å². The number of nitrogens with zero attached hydrogens (tertiary/aromatic N) is 3. The fourth-order valence-corrected chi connectivity index (χ4v) is 4.55. The molecule has 1 amide bonds. The third-order valence-electron chi connectivity index (χ3n) is 6.13. The zero-order valence-electron chi connectivity index (χ0n) is 21.5. The first-order valence-electron chi connectivity index (χ1n) is 12.2. The topological polar surface area (TPSA) is 92.4 Å². The number of anilines is 1. The Morgan fingerprint density at radius 3 is 2.41 bits per heavy atom. The average molecular weight is 498 g/mol. The number of benzene rings is 2. The van der Waals surface area contributed by atoms with Crippen molar-refractivity contribution in [3.8, 4) is 29.0 Å². The van der Waals surface area contributed by atoms with Crippen LogP contribution >= 0.6 is 0 Å². The zero-order chi connectivity index (χ0) is 26.5. The number of ether oxygens (including phenoxy) is 1. The number of hydrogen-bond donors (Lipinski definition) is 2. The summed E-state index contributed by atoms with van der Waals surface area (Å²) in [6.07, 6.45) is 2.36. The molecule has 190 valence electrons. The van der Waals surface area contributed by atoms with Crippen molar-refractivity contribution in [2.75, 3.05) is 25.5 Å². The summed E-state index contributed by atoms with van der Waals surface area (Å²) >= 11 is 0. The van der Waals surface area contributed by atoms with Crippen LogP contribution in [0, 0.1) is 17.3 Å². The van der Waals surface area contributed by atoms with E-state index in [1.54, 1.807) is 46.2 Å². The van der Waals surface area contributed by atoms with Crippen LogP contribution in [0.5, 0.6) is 11.5 Å². The minimum Gasteiger partial charge on any atom is -0.457 e. The van der Waals surface area contributed by atoms with Crippen LogP contribution in [0.2, 0.25) is 0 Å².